The monoisotopic (exact) mass is 351 g/mol. The van der Waals surface area contributed by atoms with E-state index in [1.54, 1.807) is 20.8 Å². The van der Waals surface area contributed by atoms with Crippen LogP contribution in [0, 0.1) is 5.41 Å². The lowest BCUT2D eigenvalue weighted by Gasteiger charge is -2.20. The molecule has 0 amide bonds. The first kappa shape index (κ1) is 17.4. The summed E-state index contributed by atoms with van der Waals surface area (Å²) in [6, 6.07) is 0. The van der Waals surface area contributed by atoms with Crippen molar-refractivity contribution >= 4 is 23.1 Å². The number of aliphatic hydroxyl groups is 1. The minimum Gasteiger partial charge on any atom is -0.462 e. The Morgan fingerprint density at radius 3 is 2.96 bits per heavy atom. The van der Waals surface area contributed by atoms with Crippen molar-refractivity contribution in [2.75, 3.05) is 12.3 Å². The second-order valence-corrected chi connectivity index (χ2v) is 7.06. The van der Waals surface area contributed by atoms with Gasteiger partial charge in [-0.05, 0) is 20.8 Å². The predicted octanol–water partition coefficient (Wildman–Crippen LogP) is -0.0605. The lowest BCUT2D eigenvalue weighted by molar-refractivity contribution is -0.159. The fourth-order valence-electron chi connectivity index (χ4n) is 2.56. The number of aromatic amines is 1. The Bertz CT molecular complexity index is 852. The first-order valence-corrected chi connectivity index (χ1v) is 7.90. The summed E-state index contributed by atoms with van der Waals surface area (Å²) in [5, 5.41) is 10.2. The zero-order chi connectivity index (χ0) is 18.4. The summed E-state index contributed by atoms with van der Waals surface area (Å²) < 4.78 is 12.5. The molecule has 1 fully saturated rings. The molecule has 0 aliphatic carbocycles. The number of anilines is 1. The van der Waals surface area contributed by atoms with Crippen LogP contribution < -0.4 is 11.3 Å². The van der Waals surface area contributed by atoms with Crippen LogP contribution in [0.3, 0.4) is 0 Å². The van der Waals surface area contributed by atoms with Crippen molar-refractivity contribution in [3.63, 3.8) is 0 Å². The summed E-state index contributed by atoms with van der Waals surface area (Å²) in [7, 11) is 0. The van der Waals surface area contributed by atoms with E-state index in [9.17, 15) is 14.7 Å². The zero-order valence-electron chi connectivity index (χ0n) is 14.2. The molecule has 3 atom stereocenters. The number of nitrogens with one attached hydrogen (secondary N) is 1. The van der Waals surface area contributed by atoms with Crippen molar-refractivity contribution in [1.82, 2.24) is 19.5 Å². The van der Waals surface area contributed by atoms with Gasteiger partial charge in [-0.3, -0.25) is 19.1 Å². The van der Waals surface area contributed by atoms with E-state index in [1.807, 2.05) is 0 Å². The van der Waals surface area contributed by atoms with E-state index in [1.165, 1.54) is 10.9 Å². The zero-order valence-corrected chi connectivity index (χ0v) is 14.2. The molecule has 1 aliphatic rings. The molecule has 0 saturated carbocycles. The molecule has 1 aliphatic heterocycles. The molecular weight excluding hydrogens is 330 g/mol. The summed E-state index contributed by atoms with van der Waals surface area (Å²) in [4.78, 5) is 34.1. The highest BCUT2D eigenvalue weighted by molar-refractivity contribution is 5.75. The van der Waals surface area contributed by atoms with Gasteiger partial charge in [0.2, 0.25) is 5.95 Å². The van der Waals surface area contributed by atoms with E-state index in [0.717, 1.165) is 0 Å². The molecule has 0 radical (unpaired) electrons. The Morgan fingerprint density at radius 2 is 2.28 bits per heavy atom. The summed E-state index contributed by atoms with van der Waals surface area (Å²) in [5.41, 5.74) is 4.89. The van der Waals surface area contributed by atoms with E-state index in [0.29, 0.717) is 0 Å². The van der Waals surface area contributed by atoms with Crippen LogP contribution in [0.25, 0.3) is 11.2 Å². The number of nitrogens with zero attached hydrogens (tertiary/aromatic N) is 3. The molecule has 136 valence electrons. The standard InChI is InChI=1S/C15H21N5O5/c1-15(2,3)13(23)24-5-8-7(21)4-9(25-8)20-6-17-10-11(20)18-14(16)19-12(10)22/h6-9,21H,4-5H2,1-3H3,(H3,16,18,19,22). The Labute approximate surface area is 143 Å². The molecule has 0 aromatic carbocycles. The van der Waals surface area contributed by atoms with Crippen molar-refractivity contribution in [2.24, 2.45) is 5.41 Å². The number of nitrogen functional groups attached to an aromatic ring is 1. The van der Waals surface area contributed by atoms with Crippen molar-refractivity contribution in [3.8, 4) is 0 Å². The van der Waals surface area contributed by atoms with E-state index in [-0.39, 0.29) is 36.1 Å². The average molecular weight is 351 g/mol. The number of ether oxygens (including phenoxy) is 2. The van der Waals surface area contributed by atoms with Gasteiger partial charge in [-0.2, -0.15) is 4.98 Å². The normalized spacial score (nSPS) is 23.9. The minimum absolute atomic E-state index is 0.0338. The third kappa shape index (κ3) is 3.35. The number of imidazole rings is 1. The molecule has 2 aromatic rings. The number of H-pyrrole nitrogens is 1. The second-order valence-electron chi connectivity index (χ2n) is 7.06. The molecule has 25 heavy (non-hydrogen) atoms. The molecule has 1 saturated heterocycles. The van der Waals surface area contributed by atoms with Gasteiger partial charge >= 0.3 is 5.97 Å². The fourth-order valence-corrected chi connectivity index (χ4v) is 2.56. The Morgan fingerprint density at radius 1 is 1.56 bits per heavy atom. The lowest BCUT2D eigenvalue weighted by atomic mass is 9.97. The van der Waals surface area contributed by atoms with E-state index in [2.05, 4.69) is 15.0 Å². The number of fused-ring (bicyclic) bond motifs is 1. The molecule has 3 rings (SSSR count). The lowest BCUT2D eigenvalue weighted by Crippen LogP contribution is -2.31. The number of carbonyl (C=O) groups excluding carboxylic acids is 1. The van der Waals surface area contributed by atoms with Gasteiger partial charge in [-0.1, -0.05) is 0 Å². The summed E-state index contributed by atoms with van der Waals surface area (Å²) in [6.45, 7) is 5.18. The highest BCUT2D eigenvalue weighted by Crippen LogP contribution is 2.31. The molecule has 0 bridgehead atoms. The van der Waals surface area contributed by atoms with E-state index in [4.69, 9.17) is 15.2 Å². The second kappa shape index (κ2) is 6.12. The number of hydrogen-bond donors (Lipinski definition) is 3. The third-order valence-corrected chi connectivity index (χ3v) is 3.96. The molecule has 3 unspecified atom stereocenters. The van der Waals surface area contributed by atoms with Gasteiger partial charge in [-0.15, -0.1) is 0 Å². The first-order chi connectivity index (χ1) is 11.7. The quantitative estimate of drug-likeness (QED) is 0.652. The minimum atomic E-state index is -0.824. The van der Waals surface area contributed by atoms with Gasteiger partial charge in [0.15, 0.2) is 11.2 Å². The number of nitrogens with two attached hydrogens (primary N) is 1. The van der Waals surface area contributed by atoms with Crippen LogP contribution in [0.15, 0.2) is 11.1 Å². The largest absolute Gasteiger partial charge is 0.462 e. The Balaban J connectivity index is 1.76. The smallest absolute Gasteiger partial charge is 0.311 e. The summed E-state index contributed by atoms with van der Waals surface area (Å²) in [6.07, 6.45) is -0.431. The summed E-state index contributed by atoms with van der Waals surface area (Å²) in [5.74, 6) is -0.408. The van der Waals surface area contributed by atoms with Crippen LogP contribution in [0.4, 0.5) is 5.95 Å². The molecule has 2 aromatic heterocycles. The van der Waals surface area contributed by atoms with Crippen molar-refractivity contribution in [3.05, 3.63) is 16.7 Å². The maximum atomic E-state index is 11.9. The van der Waals surface area contributed by atoms with Crippen LogP contribution in [-0.4, -0.2) is 49.4 Å². The van der Waals surface area contributed by atoms with Gasteiger partial charge in [0.25, 0.3) is 5.56 Å². The molecule has 4 N–H and O–H groups in total. The van der Waals surface area contributed by atoms with Gasteiger partial charge < -0.3 is 20.3 Å². The van der Waals surface area contributed by atoms with Crippen molar-refractivity contribution < 1.29 is 19.4 Å². The van der Waals surface area contributed by atoms with Crippen LogP contribution in [0.2, 0.25) is 0 Å². The Hall–Kier alpha value is -2.46. The number of hydrogen-bond acceptors (Lipinski definition) is 8. The third-order valence-electron chi connectivity index (χ3n) is 3.96. The van der Waals surface area contributed by atoms with Gasteiger partial charge in [0.05, 0.1) is 17.8 Å². The number of carbonyl (C=O) groups is 1. The molecule has 10 heteroatoms. The van der Waals surface area contributed by atoms with Gasteiger partial charge in [0.1, 0.15) is 18.9 Å². The summed E-state index contributed by atoms with van der Waals surface area (Å²) >= 11 is 0. The van der Waals surface area contributed by atoms with Crippen molar-refractivity contribution in [1.29, 1.82) is 0 Å². The van der Waals surface area contributed by atoms with Crippen LogP contribution >= 0.6 is 0 Å². The topological polar surface area (TPSA) is 145 Å². The predicted molar refractivity (Wildman–Crippen MR) is 87.5 cm³/mol. The molecule has 0 spiro atoms. The number of aliphatic hydroxyl groups excluding tert-OH is 1. The van der Waals surface area contributed by atoms with Gasteiger partial charge in [-0.25, -0.2) is 4.98 Å². The number of esters is 1. The van der Waals surface area contributed by atoms with Crippen LogP contribution in [0.5, 0.6) is 0 Å². The highest BCUT2D eigenvalue weighted by Gasteiger charge is 2.37. The molecular formula is C15H21N5O5. The van der Waals surface area contributed by atoms with E-state index < -0.39 is 29.4 Å². The van der Waals surface area contributed by atoms with Crippen LogP contribution in [0.1, 0.15) is 33.4 Å². The average Bonchev–Trinajstić information content (AvgIpc) is 3.07. The molecule has 3 heterocycles. The highest BCUT2D eigenvalue weighted by atomic mass is 16.6. The van der Waals surface area contributed by atoms with Crippen LogP contribution in [-0.2, 0) is 14.3 Å². The first-order valence-electron chi connectivity index (χ1n) is 7.90. The van der Waals surface area contributed by atoms with E-state index >= 15 is 0 Å². The maximum Gasteiger partial charge on any atom is 0.311 e. The fraction of sp³-hybridized carbons (Fsp3) is 0.600. The molecule has 10 nitrogen and oxygen atoms in total. The van der Waals surface area contributed by atoms with Gasteiger partial charge in [0, 0.05) is 6.42 Å². The number of aromatic nitrogens is 4. The SMILES string of the molecule is CC(C)(C)C(=O)OCC1OC(n2cnc3c(=O)[nH]c(N)nc32)CC1O. The van der Waals surface area contributed by atoms with Crippen molar-refractivity contribution in [2.45, 2.75) is 45.6 Å². The Kier molecular flexibility index (Phi) is 4.25. The number of rotatable bonds is 3. The maximum absolute atomic E-state index is 11.9.